The van der Waals surface area contributed by atoms with Crippen molar-refractivity contribution in [2.24, 2.45) is 29.6 Å². The van der Waals surface area contributed by atoms with Crippen molar-refractivity contribution in [1.82, 2.24) is 4.98 Å². The molecular weight excluding hydrogens is 641 g/mol. The molecule has 47 heavy (non-hydrogen) atoms. The molecule has 1 saturated heterocycles. The number of nitrogens with zero attached hydrogens (tertiary/aromatic N) is 2. The van der Waals surface area contributed by atoms with Crippen LogP contribution in [0.25, 0.3) is 0 Å². The lowest BCUT2D eigenvalue weighted by Gasteiger charge is -2.43. The van der Waals surface area contributed by atoms with E-state index < -0.39 is 16.8 Å². The fourth-order valence-electron chi connectivity index (χ4n) is 8.15. The second-order valence-corrected chi connectivity index (χ2v) is 14.7. The summed E-state index contributed by atoms with van der Waals surface area (Å²) in [5.41, 5.74) is 2.91. The van der Waals surface area contributed by atoms with E-state index in [2.05, 4.69) is 10.3 Å². The van der Waals surface area contributed by atoms with Crippen LogP contribution in [0.4, 0.5) is 17.1 Å². The van der Waals surface area contributed by atoms with Gasteiger partial charge in [-0.2, -0.15) is 0 Å². The highest BCUT2D eigenvalue weighted by Crippen LogP contribution is 2.68. The van der Waals surface area contributed by atoms with Gasteiger partial charge in [-0.1, -0.05) is 41.2 Å². The maximum Gasteiger partial charge on any atom is 0.305 e. The minimum Gasteiger partial charge on any atom is -0.484 e. The number of carbonyl (C=O) groups is 3. The average Bonchev–Trinajstić information content (AvgIpc) is 3.80. The first-order valence-corrected chi connectivity index (χ1v) is 17.0. The molecular formula is C34H28N4O7S2. The first-order valence-electron chi connectivity index (χ1n) is 15.3. The van der Waals surface area contributed by atoms with Crippen molar-refractivity contribution in [3.05, 3.63) is 109 Å². The van der Waals surface area contributed by atoms with Gasteiger partial charge in [0.2, 0.25) is 11.8 Å². The lowest BCUT2D eigenvalue weighted by Crippen LogP contribution is -2.42. The minimum absolute atomic E-state index is 0.00224. The molecule has 2 saturated carbocycles. The highest BCUT2D eigenvalue weighted by atomic mass is 32.2. The van der Waals surface area contributed by atoms with Gasteiger partial charge in [0.05, 0.1) is 27.5 Å². The van der Waals surface area contributed by atoms with Crippen LogP contribution in [0, 0.1) is 46.6 Å². The zero-order valence-electron chi connectivity index (χ0n) is 25.0. The van der Waals surface area contributed by atoms with Gasteiger partial charge in [-0.3, -0.25) is 34.2 Å². The van der Waals surface area contributed by atoms with Crippen molar-refractivity contribution >= 4 is 57.9 Å². The van der Waals surface area contributed by atoms with E-state index in [-0.39, 0.29) is 63.8 Å². The van der Waals surface area contributed by atoms with E-state index in [9.17, 15) is 29.3 Å². The van der Waals surface area contributed by atoms with Crippen LogP contribution in [-0.2, 0) is 14.4 Å². The zero-order chi connectivity index (χ0) is 32.6. The van der Waals surface area contributed by atoms with E-state index in [1.807, 2.05) is 49.4 Å². The van der Waals surface area contributed by atoms with Crippen LogP contribution in [0.15, 0.2) is 82.6 Å². The molecule has 3 heterocycles. The normalized spacial score (nSPS) is 26.9. The molecule has 238 valence electrons. The molecule has 0 spiro atoms. The number of ether oxygens (including phenoxy) is 1. The van der Waals surface area contributed by atoms with Crippen LogP contribution in [0.5, 0.6) is 5.75 Å². The van der Waals surface area contributed by atoms with Crippen molar-refractivity contribution in [2.75, 3.05) is 16.8 Å². The number of H-pyrrole nitrogens is 1. The summed E-state index contributed by atoms with van der Waals surface area (Å²) in [6.45, 7) is 1.79. The Morgan fingerprint density at radius 2 is 1.74 bits per heavy atom. The Morgan fingerprint density at radius 1 is 1.02 bits per heavy atom. The van der Waals surface area contributed by atoms with E-state index in [1.54, 1.807) is 17.8 Å². The second kappa shape index (κ2) is 11.2. The maximum absolute atomic E-state index is 14.0. The minimum atomic E-state index is -0.516. The van der Waals surface area contributed by atoms with Gasteiger partial charge in [0.1, 0.15) is 5.75 Å². The lowest BCUT2D eigenvalue weighted by molar-refractivity contribution is -0.384. The molecule has 0 radical (unpaired) electrons. The molecule has 13 heteroatoms. The highest BCUT2D eigenvalue weighted by Gasteiger charge is 2.69. The third-order valence-electron chi connectivity index (χ3n) is 9.97. The molecule has 7 atom stereocenters. The van der Waals surface area contributed by atoms with Gasteiger partial charge in [-0.05, 0) is 73.1 Å². The summed E-state index contributed by atoms with van der Waals surface area (Å²) in [6, 6.07) is 20.6. The van der Waals surface area contributed by atoms with E-state index in [1.165, 1.54) is 40.5 Å². The summed E-state index contributed by atoms with van der Waals surface area (Å²) in [5, 5.41) is 14.8. The number of aromatic amines is 1. The number of benzene rings is 3. The maximum atomic E-state index is 14.0. The smallest absolute Gasteiger partial charge is 0.305 e. The number of fused-ring (bicyclic) bond motifs is 9. The Bertz CT molecular complexity index is 2010. The quantitative estimate of drug-likeness (QED) is 0.152. The molecule has 3 aromatic carbocycles. The predicted octanol–water partition coefficient (Wildman–Crippen LogP) is 5.35. The lowest BCUT2D eigenvalue weighted by atomic mass is 9.68. The number of anilines is 2. The number of aromatic nitrogens is 1. The summed E-state index contributed by atoms with van der Waals surface area (Å²) >= 11 is 2.77. The number of amides is 3. The van der Waals surface area contributed by atoms with Gasteiger partial charge in [-0.15, -0.1) is 11.8 Å². The number of carbonyl (C=O) groups excluding carboxylic acids is 3. The molecule has 2 aliphatic carbocycles. The molecule has 2 aliphatic heterocycles. The molecule has 4 aromatic rings. The fourth-order valence-corrected chi connectivity index (χ4v) is 11.0. The molecule has 3 amide bonds. The molecule has 2 bridgehead atoms. The third-order valence-corrected chi connectivity index (χ3v) is 12.6. The number of thioether (sulfide) groups is 1. The second-order valence-electron chi connectivity index (χ2n) is 12.5. The number of hydrogen-bond donors (Lipinski definition) is 2. The number of nitro benzene ring substituents is 1. The number of thiazole rings is 1. The predicted molar refractivity (Wildman–Crippen MR) is 176 cm³/mol. The Hall–Kier alpha value is -4.75. The summed E-state index contributed by atoms with van der Waals surface area (Å²) in [7, 11) is 0. The number of imide groups is 1. The van der Waals surface area contributed by atoms with Crippen LogP contribution in [0.1, 0.15) is 28.3 Å². The molecule has 4 aliphatic rings. The Morgan fingerprint density at radius 3 is 2.47 bits per heavy atom. The summed E-state index contributed by atoms with van der Waals surface area (Å²) in [4.78, 5) is 68.7. The molecule has 1 aromatic heterocycles. The van der Waals surface area contributed by atoms with Gasteiger partial charge in [0.15, 0.2) is 6.61 Å². The highest BCUT2D eigenvalue weighted by molar-refractivity contribution is 8.00. The standard InChI is InChI=1S/C34H28N4O7S2/c1-16-5-7-18(8-6-16)35-24(39)15-45-21-4-2-3-17(13-21)25-26-22-14-23(29(26)46-31-30(25)47-34(42)36-31)28-27(22)32(40)37(33(28)41)19-9-11-20(12-10-19)38(43)44/h2-13,22-23,25-29H,14-15H2,1H3,(H,35,39)(H,36,42)/t22-,23-,25+,26-,27+,28+,29-/m1/s1. The van der Waals surface area contributed by atoms with Crippen molar-refractivity contribution in [2.45, 2.75) is 29.5 Å². The Balaban J connectivity index is 1.08. The van der Waals surface area contributed by atoms with Crippen molar-refractivity contribution in [1.29, 1.82) is 0 Å². The molecule has 0 unspecified atom stereocenters. The first-order chi connectivity index (χ1) is 22.7. The summed E-state index contributed by atoms with van der Waals surface area (Å²) in [6.07, 6.45) is 0.730. The van der Waals surface area contributed by atoms with E-state index in [0.29, 0.717) is 17.1 Å². The molecule has 3 fully saturated rings. The third kappa shape index (κ3) is 4.87. The molecule has 8 rings (SSSR count). The van der Waals surface area contributed by atoms with Gasteiger partial charge < -0.3 is 15.0 Å². The van der Waals surface area contributed by atoms with Gasteiger partial charge in [-0.25, -0.2) is 0 Å². The topological polar surface area (TPSA) is 152 Å². The van der Waals surface area contributed by atoms with Crippen LogP contribution in [0.2, 0.25) is 0 Å². The average molecular weight is 669 g/mol. The van der Waals surface area contributed by atoms with Gasteiger partial charge in [0, 0.05) is 33.9 Å². The number of hydrogen-bond acceptors (Lipinski definition) is 9. The zero-order valence-corrected chi connectivity index (χ0v) is 26.6. The van der Waals surface area contributed by atoms with E-state index in [0.717, 1.165) is 27.5 Å². The molecule has 11 nitrogen and oxygen atoms in total. The van der Waals surface area contributed by atoms with Crippen LogP contribution in [0.3, 0.4) is 0 Å². The van der Waals surface area contributed by atoms with Crippen molar-refractivity contribution in [3.63, 3.8) is 0 Å². The van der Waals surface area contributed by atoms with E-state index in [4.69, 9.17) is 4.74 Å². The largest absolute Gasteiger partial charge is 0.484 e. The van der Waals surface area contributed by atoms with Crippen LogP contribution < -0.4 is 19.8 Å². The Labute approximate surface area is 276 Å². The SMILES string of the molecule is Cc1ccc(NC(=O)COc2cccc([C@@H]3c4sc(=O)[nH]c4S[C@@H]4[C@@H]5C[C@@H]([C@@H]6C(=O)N(c7ccc([N+](=O)[O-])cc7)C(=O)[C@@H]56)[C@H]34)c2)cc1. The number of non-ortho nitro benzene ring substituents is 1. The van der Waals surface area contributed by atoms with Gasteiger partial charge >= 0.3 is 4.87 Å². The number of aryl methyl sites for hydroxylation is 1. The summed E-state index contributed by atoms with van der Waals surface area (Å²) in [5.74, 6) is -1.69. The number of nitro groups is 1. The number of rotatable bonds is 7. The summed E-state index contributed by atoms with van der Waals surface area (Å²) < 4.78 is 5.92. The van der Waals surface area contributed by atoms with E-state index >= 15 is 0 Å². The number of nitrogens with one attached hydrogen (secondary N) is 2. The first kappa shape index (κ1) is 29.6. The monoisotopic (exact) mass is 668 g/mol. The van der Waals surface area contributed by atoms with Crippen molar-refractivity contribution in [3.8, 4) is 5.75 Å². The van der Waals surface area contributed by atoms with Gasteiger partial charge in [0.25, 0.3) is 11.6 Å². The van der Waals surface area contributed by atoms with Crippen LogP contribution in [-0.4, -0.2) is 39.5 Å². The van der Waals surface area contributed by atoms with Crippen LogP contribution >= 0.6 is 23.1 Å². The fraction of sp³-hybridized carbons (Fsp3) is 0.294. The molecule has 2 N–H and O–H groups in total. The Kier molecular flexibility index (Phi) is 7.06. The van der Waals surface area contributed by atoms with Crippen molar-refractivity contribution < 1.29 is 24.0 Å².